The molecule has 0 bridgehead atoms. The minimum atomic E-state index is -0.963. The zero-order valence-electron chi connectivity index (χ0n) is 5.65. The Kier molecular flexibility index (Phi) is 2.58. The predicted molar refractivity (Wildman–Crippen MR) is 42.0 cm³/mol. The molecule has 0 amide bonds. The molecular weight excluding hydrogens is 164 g/mol. The highest BCUT2D eigenvalue weighted by molar-refractivity contribution is 7.10. The van der Waals surface area contributed by atoms with Gasteiger partial charge in [0.2, 0.25) is 0 Å². The van der Waals surface area contributed by atoms with E-state index in [2.05, 4.69) is 5.43 Å². The lowest BCUT2D eigenvalue weighted by atomic mass is 10.2. The third kappa shape index (κ3) is 1.76. The van der Waals surface area contributed by atoms with Gasteiger partial charge in [0.1, 0.15) is 0 Å². The number of carboxylic acids is 1. The van der Waals surface area contributed by atoms with Gasteiger partial charge in [-0.2, -0.15) is 0 Å². The second kappa shape index (κ2) is 3.47. The molecule has 11 heavy (non-hydrogen) atoms. The maximum atomic E-state index is 10.5. The van der Waals surface area contributed by atoms with Crippen molar-refractivity contribution < 1.29 is 9.90 Å². The number of hydrazine groups is 1. The first-order chi connectivity index (χ1) is 5.25. The summed E-state index contributed by atoms with van der Waals surface area (Å²) >= 11 is 1.36. The van der Waals surface area contributed by atoms with Crippen molar-refractivity contribution in [2.75, 3.05) is 0 Å². The van der Waals surface area contributed by atoms with Crippen molar-refractivity contribution in [3.05, 3.63) is 22.4 Å². The molecule has 5 heteroatoms. The highest BCUT2D eigenvalue weighted by Gasteiger charge is 2.17. The lowest BCUT2D eigenvalue weighted by molar-refractivity contribution is -0.139. The molecule has 0 aromatic carbocycles. The van der Waals surface area contributed by atoms with Crippen LogP contribution < -0.4 is 11.3 Å². The normalized spacial score (nSPS) is 12.8. The summed E-state index contributed by atoms with van der Waals surface area (Å²) in [5.41, 5.74) is 2.21. The highest BCUT2D eigenvalue weighted by atomic mass is 32.1. The summed E-state index contributed by atoms with van der Waals surface area (Å²) in [6.07, 6.45) is 0. The van der Waals surface area contributed by atoms with Crippen molar-refractivity contribution in [1.29, 1.82) is 0 Å². The van der Waals surface area contributed by atoms with Crippen LogP contribution in [0.5, 0.6) is 0 Å². The van der Waals surface area contributed by atoms with E-state index < -0.39 is 12.0 Å². The summed E-state index contributed by atoms with van der Waals surface area (Å²) in [5.74, 6) is 4.08. The van der Waals surface area contributed by atoms with Gasteiger partial charge >= 0.3 is 5.97 Å². The molecule has 1 aromatic heterocycles. The van der Waals surface area contributed by atoms with Gasteiger partial charge in [-0.3, -0.25) is 10.6 Å². The van der Waals surface area contributed by atoms with Crippen LogP contribution in [0.25, 0.3) is 0 Å². The van der Waals surface area contributed by atoms with Gasteiger partial charge in [0, 0.05) is 4.88 Å². The van der Waals surface area contributed by atoms with Gasteiger partial charge in [0.25, 0.3) is 0 Å². The van der Waals surface area contributed by atoms with Gasteiger partial charge < -0.3 is 5.11 Å². The Hall–Kier alpha value is -0.910. The van der Waals surface area contributed by atoms with Gasteiger partial charge in [0.15, 0.2) is 6.04 Å². The molecule has 60 valence electrons. The zero-order chi connectivity index (χ0) is 8.27. The monoisotopic (exact) mass is 172 g/mol. The van der Waals surface area contributed by atoms with E-state index in [1.165, 1.54) is 11.3 Å². The topological polar surface area (TPSA) is 75.3 Å². The van der Waals surface area contributed by atoms with E-state index in [9.17, 15) is 4.79 Å². The molecule has 0 aliphatic heterocycles. The second-order valence-corrected chi connectivity index (χ2v) is 2.93. The predicted octanol–water partition coefficient (Wildman–Crippen LogP) is 0.337. The summed E-state index contributed by atoms with van der Waals surface area (Å²) < 4.78 is 0. The van der Waals surface area contributed by atoms with Gasteiger partial charge in [-0.05, 0) is 11.4 Å². The van der Waals surface area contributed by atoms with Crippen LogP contribution in [-0.2, 0) is 4.79 Å². The van der Waals surface area contributed by atoms with Crippen molar-refractivity contribution in [2.45, 2.75) is 6.04 Å². The van der Waals surface area contributed by atoms with Crippen LogP contribution in [0.15, 0.2) is 17.5 Å². The molecule has 0 saturated carbocycles. The van der Waals surface area contributed by atoms with Crippen molar-refractivity contribution in [2.24, 2.45) is 5.84 Å². The van der Waals surface area contributed by atoms with Crippen LogP contribution in [0.1, 0.15) is 10.9 Å². The average Bonchev–Trinajstić information content (AvgIpc) is 2.40. The molecule has 0 fully saturated rings. The first kappa shape index (κ1) is 8.19. The molecule has 1 aromatic rings. The molecule has 1 rings (SSSR count). The quantitative estimate of drug-likeness (QED) is 0.454. The standard InChI is InChI=1S/C6H8N2O2S/c7-8-5(6(9)10)4-2-1-3-11-4/h1-3,5,8H,7H2,(H,9,10). The summed E-state index contributed by atoms with van der Waals surface area (Å²) in [4.78, 5) is 11.2. The van der Waals surface area contributed by atoms with Crippen LogP contribution in [0.4, 0.5) is 0 Å². The summed E-state index contributed by atoms with van der Waals surface area (Å²) in [7, 11) is 0. The fourth-order valence-electron chi connectivity index (χ4n) is 0.731. The highest BCUT2D eigenvalue weighted by Crippen LogP contribution is 2.17. The van der Waals surface area contributed by atoms with Crippen molar-refractivity contribution in [3.8, 4) is 0 Å². The number of aliphatic carboxylic acids is 1. The number of hydrogen-bond acceptors (Lipinski definition) is 4. The number of carbonyl (C=O) groups is 1. The van der Waals surface area contributed by atoms with Gasteiger partial charge in [-0.15, -0.1) is 11.3 Å². The second-order valence-electron chi connectivity index (χ2n) is 1.95. The number of nitrogens with two attached hydrogens (primary N) is 1. The van der Waals surface area contributed by atoms with Gasteiger partial charge in [-0.25, -0.2) is 5.43 Å². The minimum absolute atomic E-state index is 0.708. The van der Waals surface area contributed by atoms with E-state index in [4.69, 9.17) is 10.9 Å². The van der Waals surface area contributed by atoms with Crippen LogP contribution in [0, 0.1) is 0 Å². The largest absolute Gasteiger partial charge is 0.480 e. The van der Waals surface area contributed by atoms with E-state index >= 15 is 0 Å². The maximum absolute atomic E-state index is 10.5. The Morgan fingerprint density at radius 2 is 2.55 bits per heavy atom. The van der Waals surface area contributed by atoms with Crippen LogP contribution in [0.2, 0.25) is 0 Å². The molecule has 0 radical (unpaired) electrons. The van der Waals surface area contributed by atoms with Crippen LogP contribution in [0.3, 0.4) is 0 Å². The molecule has 1 heterocycles. The molecule has 4 nitrogen and oxygen atoms in total. The molecule has 0 aliphatic carbocycles. The number of hydrogen-bond donors (Lipinski definition) is 3. The van der Waals surface area contributed by atoms with Gasteiger partial charge in [0.05, 0.1) is 0 Å². The van der Waals surface area contributed by atoms with Crippen molar-refractivity contribution >= 4 is 17.3 Å². The molecule has 0 saturated heterocycles. The van der Waals surface area contributed by atoms with Crippen LogP contribution in [-0.4, -0.2) is 11.1 Å². The van der Waals surface area contributed by atoms with Crippen molar-refractivity contribution in [1.82, 2.24) is 5.43 Å². The number of carboxylic acid groups (broad SMARTS) is 1. The lowest BCUT2D eigenvalue weighted by Gasteiger charge is -2.06. The van der Waals surface area contributed by atoms with Crippen molar-refractivity contribution in [3.63, 3.8) is 0 Å². The van der Waals surface area contributed by atoms with Crippen LogP contribution >= 0.6 is 11.3 Å². The first-order valence-electron chi connectivity index (χ1n) is 2.98. The van der Waals surface area contributed by atoms with Gasteiger partial charge in [-0.1, -0.05) is 6.07 Å². The maximum Gasteiger partial charge on any atom is 0.327 e. The Morgan fingerprint density at radius 3 is 2.91 bits per heavy atom. The zero-order valence-corrected chi connectivity index (χ0v) is 6.47. The molecule has 4 N–H and O–H groups in total. The fraction of sp³-hybridized carbons (Fsp3) is 0.167. The smallest absolute Gasteiger partial charge is 0.327 e. The third-order valence-electron chi connectivity index (χ3n) is 1.24. The summed E-state index contributed by atoms with van der Waals surface area (Å²) in [6.45, 7) is 0. The van der Waals surface area contributed by atoms with E-state index in [1.54, 1.807) is 12.1 Å². The summed E-state index contributed by atoms with van der Waals surface area (Å²) in [5, 5.41) is 10.4. The molecule has 0 spiro atoms. The Balaban J connectivity index is 2.79. The van der Waals surface area contributed by atoms with E-state index in [0.717, 1.165) is 0 Å². The molecule has 1 atom stereocenters. The number of nitrogens with one attached hydrogen (secondary N) is 1. The first-order valence-corrected chi connectivity index (χ1v) is 3.86. The molecule has 1 unspecified atom stereocenters. The Morgan fingerprint density at radius 1 is 1.82 bits per heavy atom. The number of rotatable bonds is 3. The molecule has 0 aliphatic rings. The SMILES string of the molecule is NNC(C(=O)O)c1cccs1. The summed E-state index contributed by atoms with van der Waals surface area (Å²) in [6, 6.07) is 2.73. The van der Waals surface area contributed by atoms with E-state index in [1.807, 2.05) is 5.38 Å². The Labute approximate surface area is 67.6 Å². The fourth-order valence-corrected chi connectivity index (χ4v) is 1.51. The third-order valence-corrected chi connectivity index (χ3v) is 2.18. The number of thiophene rings is 1. The van der Waals surface area contributed by atoms with E-state index in [-0.39, 0.29) is 0 Å². The molecular formula is C6H8N2O2S. The Bertz CT molecular complexity index is 235. The average molecular weight is 172 g/mol. The minimum Gasteiger partial charge on any atom is -0.480 e. The van der Waals surface area contributed by atoms with E-state index in [0.29, 0.717) is 4.88 Å². The lowest BCUT2D eigenvalue weighted by Crippen LogP contribution is -2.33.